The number of hydrogen-bond donors (Lipinski definition) is 0. The number of nitrogens with zero attached hydrogens (tertiary/aromatic N) is 3. The van der Waals surface area contributed by atoms with Crippen LogP contribution < -0.4 is 0 Å². The van der Waals surface area contributed by atoms with Crippen molar-refractivity contribution in [2.24, 2.45) is 0 Å². The molecule has 1 amide bonds. The number of carbonyl (C=O) groups is 1. The SMILES string of the molecule is Cc1cc(S[C@H](C(=O)N2CCOCC2)c2ccccc2)nc(C(C)C)n1. The van der Waals surface area contributed by atoms with Gasteiger partial charge >= 0.3 is 0 Å². The molecule has 138 valence electrons. The van der Waals surface area contributed by atoms with Crippen LogP contribution in [-0.4, -0.2) is 47.1 Å². The molecule has 0 saturated carbocycles. The fourth-order valence-corrected chi connectivity index (χ4v) is 4.01. The van der Waals surface area contributed by atoms with Crippen LogP contribution in [-0.2, 0) is 9.53 Å². The van der Waals surface area contributed by atoms with Gasteiger partial charge in [-0.3, -0.25) is 4.79 Å². The molecule has 1 aromatic carbocycles. The van der Waals surface area contributed by atoms with Crippen molar-refractivity contribution in [2.75, 3.05) is 26.3 Å². The molecule has 0 aliphatic carbocycles. The van der Waals surface area contributed by atoms with Crippen molar-refractivity contribution in [3.05, 3.63) is 53.5 Å². The number of thioether (sulfide) groups is 1. The van der Waals surface area contributed by atoms with E-state index in [1.807, 2.05) is 48.2 Å². The zero-order valence-electron chi connectivity index (χ0n) is 15.5. The number of carbonyl (C=O) groups excluding carboxylic acids is 1. The number of ether oxygens (including phenoxy) is 1. The van der Waals surface area contributed by atoms with Gasteiger partial charge in [0.2, 0.25) is 5.91 Å². The highest BCUT2D eigenvalue weighted by Crippen LogP contribution is 2.36. The molecule has 2 aromatic rings. The quantitative estimate of drug-likeness (QED) is 0.594. The third-order valence-corrected chi connectivity index (χ3v) is 5.41. The Labute approximate surface area is 159 Å². The molecule has 1 aliphatic heterocycles. The number of rotatable bonds is 5. The second-order valence-electron chi connectivity index (χ2n) is 6.71. The second-order valence-corrected chi connectivity index (χ2v) is 7.83. The first-order valence-electron chi connectivity index (χ1n) is 8.98. The van der Waals surface area contributed by atoms with Crippen LogP contribution in [0.15, 0.2) is 41.4 Å². The van der Waals surface area contributed by atoms with Crippen molar-refractivity contribution in [1.29, 1.82) is 0 Å². The molecule has 0 bridgehead atoms. The molecular formula is C20H25N3O2S. The third kappa shape index (κ3) is 4.62. The smallest absolute Gasteiger partial charge is 0.240 e. The van der Waals surface area contributed by atoms with Crippen LogP contribution in [0.5, 0.6) is 0 Å². The lowest BCUT2D eigenvalue weighted by atomic mass is 10.1. The first-order chi connectivity index (χ1) is 12.5. The second kappa shape index (κ2) is 8.64. The lowest BCUT2D eigenvalue weighted by Gasteiger charge is -2.30. The van der Waals surface area contributed by atoms with Gasteiger partial charge in [0.15, 0.2) is 0 Å². The Kier molecular flexibility index (Phi) is 6.27. The van der Waals surface area contributed by atoms with Crippen LogP contribution in [0.1, 0.15) is 42.1 Å². The molecule has 2 heterocycles. The number of aryl methyl sites for hydroxylation is 1. The number of aromatic nitrogens is 2. The maximum atomic E-state index is 13.2. The van der Waals surface area contributed by atoms with Crippen LogP contribution in [0.25, 0.3) is 0 Å². The summed E-state index contributed by atoms with van der Waals surface area (Å²) in [6.45, 7) is 8.61. The van der Waals surface area contributed by atoms with Crippen LogP contribution in [0, 0.1) is 6.92 Å². The summed E-state index contributed by atoms with van der Waals surface area (Å²) in [6, 6.07) is 11.9. The number of hydrogen-bond acceptors (Lipinski definition) is 5. The van der Waals surface area contributed by atoms with E-state index in [9.17, 15) is 4.79 Å². The average Bonchev–Trinajstić information content (AvgIpc) is 2.66. The summed E-state index contributed by atoms with van der Waals surface area (Å²) in [4.78, 5) is 24.3. The van der Waals surface area contributed by atoms with Crippen molar-refractivity contribution < 1.29 is 9.53 Å². The van der Waals surface area contributed by atoms with Crippen LogP contribution in [0.4, 0.5) is 0 Å². The molecular weight excluding hydrogens is 346 g/mol. The number of benzene rings is 1. The van der Waals surface area contributed by atoms with Gasteiger partial charge in [0.1, 0.15) is 16.1 Å². The van der Waals surface area contributed by atoms with Crippen LogP contribution in [0.2, 0.25) is 0 Å². The van der Waals surface area contributed by atoms with Gasteiger partial charge in [-0.05, 0) is 18.6 Å². The molecule has 1 atom stereocenters. The van der Waals surface area contributed by atoms with Gasteiger partial charge in [-0.2, -0.15) is 0 Å². The zero-order chi connectivity index (χ0) is 18.5. The van der Waals surface area contributed by atoms with Gasteiger partial charge in [0.25, 0.3) is 0 Å². The molecule has 0 radical (unpaired) electrons. The monoisotopic (exact) mass is 371 g/mol. The summed E-state index contributed by atoms with van der Waals surface area (Å²) < 4.78 is 5.39. The molecule has 0 unspecified atom stereocenters. The van der Waals surface area contributed by atoms with Gasteiger partial charge in [0, 0.05) is 24.7 Å². The fraction of sp³-hybridized carbons (Fsp3) is 0.450. The summed E-state index contributed by atoms with van der Waals surface area (Å²) in [6.07, 6.45) is 0. The standard InChI is InChI=1S/C20H25N3O2S/c1-14(2)19-21-15(3)13-17(22-19)26-18(16-7-5-4-6-8-16)20(24)23-9-11-25-12-10-23/h4-8,13-14,18H,9-12H2,1-3H3/t18-/m0/s1. The van der Waals surface area contributed by atoms with Crippen molar-refractivity contribution in [1.82, 2.24) is 14.9 Å². The van der Waals surface area contributed by atoms with E-state index in [-0.39, 0.29) is 17.1 Å². The average molecular weight is 372 g/mol. The minimum Gasteiger partial charge on any atom is -0.378 e. The summed E-state index contributed by atoms with van der Waals surface area (Å²) in [7, 11) is 0. The van der Waals surface area contributed by atoms with Crippen molar-refractivity contribution in [2.45, 2.75) is 37.0 Å². The molecule has 1 aromatic heterocycles. The van der Waals surface area contributed by atoms with Gasteiger partial charge in [-0.1, -0.05) is 55.9 Å². The van der Waals surface area contributed by atoms with Crippen molar-refractivity contribution >= 4 is 17.7 Å². The lowest BCUT2D eigenvalue weighted by Crippen LogP contribution is -2.42. The molecule has 3 rings (SSSR count). The zero-order valence-corrected chi connectivity index (χ0v) is 16.3. The number of amides is 1. The Balaban J connectivity index is 1.90. The maximum absolute atomic E-state index is 13.2. The van der Waals surface area contributed by atoms with Gasteiger partial charge in [0.05, 0.1) is 13.2 Å². The predicted molar refractivity (Wildman–Crippen MR) is 103 cm³/mol. The van der Waals surface area contributed by atoms with E-state index in [0.717, 1.165) is 22.1 Å². The van der Waals surface area contributed by atoms with Crippen LogP contribution in [0.3, 0.4) is 0 Å². The molecule has 1 aliphatic rings. The molecule has 5 nitrogen and oxygen atoms in total. The predicted octanol–water partition coefficient (Wildman–Crippen LogP) is 3.60. The lowest BCUT2D eigenvalue weighted by molar-refractivity contribution is -0.134. The molecule has 1 saturated heterocycles. The summed E-state index contributed by atoms with van der Waals surface area (Å²) in [5.74, 6) is 1.18. The van der Waals surface area contributed by atoms with Crippen LogP contribution >= 0.6 is 11.8 Å². The maximum Gasteiger partial charge on any atom is 0.240 e. The summed E-state index contributed by atoms with van der Waals surface area (Å²) in [5, 5.41) is 0.528. The minimum atomic E-state index is -0.316. The van der Waals surface area contributed by atoms with Crippen molar-refractivity contribution in [3.63, 3.8) is 0 Å². The largest absolute Gasteiger partial charge is 0.378 e. The normalized spacial score (nSPS) is 15.9. The molecule has 1 fully saturated rings. The highest BCUT2D eigenvalue weighted by Gasteiger charge is 2.28. The molecule has 0 spiro atoms. The van der Waals surface area contributed by atoms with Gasteiger partial charge in [-0.15, -0.1) is 0 Å². The molecule has 0 N–H and O–H groups in total. The first kappa shape index (κ1) is 18.9. The van der Waals surface area contributed by atoms with E-state index in [2.05, 4.69) is 23.8 Å². The van der Waals surface area contributed by atoms with E-state index < -0.39 is 0 Å². The minimum absolute atomic E-state index is 0.117. The first-order valence-corrected chi connectivity index (χ1v) is 9.86. The summed E-state index contributed by atoms with van der Waals surface area (Å²) >= 11 is 1.51. The van der Waals surface area contributed by atoms with E-state index in [1.165, 1.54) is 11.8 Å². The fourth-order valence-electron chi connectivity index (χ4n) is 2.84. The van der Waals surface area contributed by atoms with E-state index in [1.54, 1.807) is 0 Å². The Morgan fingerprint density at radius 1 is 1.15 bits per heavy atom. The number of morpholine rings is 1. The molecule has 6 heteroatoms. The Hall–Kier alpha value is -1.92. The van der Waals surface area contributed by atoms with Gasteiger partial charge in [-0.25, -0.2) is 9.97 Å². The third-order valence-electron chi connectivity index (χ3n) is 4.25. The van der Waals surface area contributed by atoms with E-state index in [0.29, 0.717) is 26.3 Å². The Bertz CT molecular complexity index is 746. The van der Waals surface area contributed by atoms with Gasteiger partial charge < -0.3 is 9.64 Å². The Morgan fingerprint density at radius 2 is 1.85 bits per heavy atom. The molecule has 26 heavy (non-hydrogen) atoms. The van der Waals surface area contributed by atoms with Crippen molar-refractivity contribution in [3.8, 4) is 0 Å². The van der Waals surface area contributed by atoms with E-state index in [4.69, 9.17) is 4.74 Å². The van der Waals surface area contributed by atoms with E-state index >= 15 is 0 Å². The summed E-state index contributed by atoms with van der Waals surface area (Å²) in [5.41, 5.74) is 1.92. The Morgan fingerprint density at radius 3 is 2.50 bits per heavy atom. The topological polar surface area (TPSA) is 55.3 Å². The highest BCUT2D eigenvalue weighted by molar-refractivity contribution is 8.00. The highest BCUT2D eigenvalue weighted by atomic mass is 32.2.